The number of ether oxygens (including phenoxy) is 13. The molecule has 0 spiro atoms. The first-order valence-corrected chi connectivity index (χ1v) is 14.4. The highest BCUT2D eigenvalue weighted by molar-refractivity contribution is 5.75. The summed E-state index contributed by atoms with van der Waals surface area (Å²) in [6, 6.07) is -1.48. The molecular formula is C28H43NO18. The zero-order chi connectivity index (χ0) is 35.3. The Balaban J connectivity index is 2.16. The molecule has 0 aliphatic carbocycles. The van der Waals surface area contributed by atoms with Gasteiger partial charge in [-0.3, -0.25) is 14.4 Å². The third-order valence-electron chi connectivity index (χ3n) is 7.95. The number of rotatable bonds is 11. The van der Waals surface area contributed by atoms with Gasteiger partial charge in [0.05, 0.1) is 14.2 Å². The van der Waals surface area contributed by atoms with Crippen LogP contribution >= 0.6 is 0 Å². The second kappa shape index (κ2) is 15.8. The van der Waals surface area contributed by atoms with Crippen molar-refractivity contribution in [3.8, 4) is 0 Å². The van der Waals surface area contributed by atoms with E-state index in [1.165, 1.54) is 28.3 Å². The van der Waals surface area contributed by atoms with Crippen molar-refractivity contribution < 1.29 is 85.6 Å². The quantitative estimate of drug-likeness (QED) is 0.211. The normalized spacial score (nSPS) is 38.3. The van der Waals surface area contributed by atoms with Gasteiger partial charge < -0.3 is 66.9 Å². The molecule has 268 valence electrons. The summed E-state index contributed by atoms with van der Waals surface area (Å²) in [7, 11) is 6.22. The molecule has 12 atom stereocenters. The molecule has 0 saturated carbocycles. The molecule has 19 heteroatoms. The van der Waals surface area contributed by atoms with E-state index in [2.05, 4.69) is 5.32 Å². The number of hydrogen-bond donors (Lipinski definition) is 1. The third kappa shape index (κ3) is 8.29. The maximum atomic E-state index is 13.1. The van der Waals surface area contributed by atoms with Gasteiger partial charge in [0.25, 0.3) is 0 Å². The average molecular weight is 682 g/mol. The molecule has 0 aromatic carbocycles. The van der Waals surface area contributed by atoms with E-state index >= 15 is 0 Å². The van der Waals surface area contributed by atoms with Crippen LogP contribution in [-0.2, 0) is 80.8 Å². The Kier molecular flexibility index (Phi) is 12.9. The van der Waals surface area contributed by atoms with Crippen LogP contribution in [0.2, 0.25) is 0 Å². The standard InChI is InChI=1S/C28H43NO18/c1-12(30)40-11-15-17(41-13(2)31)18(42-14(3)32)16(29-26(34)37-8)24(43-15)44-19-20-22(25(36-7)45-21(19)23(33)35-6)47-28(5,39-10)27(4,38-9)46-20/h15-22,24-25H,11H2,1-10H3,(H,29,34)/t15-,16-,17-,18-,19+,20+,21+,22-,24+,25-,27-,28-/m1/s1. The van der Waals surface area contributed by atoms with Crippen molar-refractivity contribution in [1.29, 1.82) is 0 Å². The lowest BCUT2D eigenvalue weighted by molar-refractivity contribution is -0.486. The van der Waals surface area contributed by atoms with Gasteiger partial charge in [-0.05, 0) is 13.8 Å². The Morgan fingerprint density at radius 1 is 0.702 bits per heavy atom. The van der Waals surface area contributed by atoms with Gasteiger partial charge >= 0.3 is 30.0 Å². The smallest absolute Gasteiger partial charge is 0.407 e. The Labute approximate surface area is 270 Å². The van der Waals surface area contributed by atoms with Gasteiger partial charge in [0.2, 0.25) is 11.6 Å². The number of nitrogens with one attached hydrogen (secondary N) is 1. The summed E-state index contributed by atoms with van der Waals surface area (Å²) in [6.45, 7) is 5.88. The number of alkyl carbamates (subject to hydrolysis) is 1. The first-order chi connectivity index (χ1) is 22.1. The first kappa shape index (κ1) is 38.3. The monoisotopic (exact) mass is 681 g/mol. The Morgan fingerprint density at radius 3 is 1.77 bits per heavy atom. The van der Waals surface area contributed by atoms with E-state index in [1.54, 1.807) is 6.92 Å². The van der Waals surface area contributed by atoms with Gasteiger partial charge in [0.15, 0.2) is 30.9 Å². The van der Waals surface area contributed by atoms with E-state index in [-0.39, 0.29) is 0 Å². The molecule has 0 aromatic rings. The number of fused-ring (bicyclic) bond motifs is 1. The lowest BCUT2D eigenvalue weighted by Crippen LogP contribution is -2.75. The minimum atomic E-state index is -1.67. The fraction of sp³-hybridized carbons (Fsp3) is 0.821. The number of esters is 4. The van der Waals surface area contributed by atoms with Crippen LogP contribution in [0, 0.1) is 0 Å². The van der Waals surface area contributed by atoms with E-state index in [9.17, 15) is 24.0 Å². The summed E-state index contributed by atoms with van der Waals surface area (Å²) in [5.74, 6) is -6.43. The molecule has 0 unspecified atom stereocenters. The summed E-state index contributed by atoms with van der Waals surface area (Å²) in [5, 5.41) is 2.47. The molecule has 3 aliphatic heterocycles. The summed E-state index contributed by atoms with van der Waals surface area (Å²) in [6.07, 6.45) is -13.6. The Morgan fingerprint density at radius 2 is 1.28 bits per heavy atom. The van der Waals surface area contributed by atoms with Crippen molar-refractivity contribution in [2.75, 3.05) is 42.2 Å². The summed E-state index contributed by atoms with van der Waals surface area (Å²) in [5.41, 5.74) is 0. The molecule has 1 N–H and O–H groups in total. The zero-order valence-electron chi connectivity index (χ0n) is 27.8. The van der Waals surface area contributed by atoms with Crippen LogP contribution in [0.4, 0.5) is 4.79 Å². The molecular weight excluding hydrogens is 638 g/mol. The summed E-state index contributed by atoms with van der Waals surface area (Å²) < 4.78 is 73.7. The van der Waals surface area contributed by atoms with Crippen LogP contribution in [0.3, 0.4) is 0 Å². The summed E-state index contributed by atoms with van der Waals surface area (Å²) in [4.78, 5) is 61.9. The minimum absolute atomic E-state index is 0.511. The third-order valence-corrected chi connectivity index (χ3v) is 7.95. The molecule has 3 aliphatic rings. The largest absolute Gasteiger partial charge is 0.467 e. The van der Waals surface area contributed by atoms with Gasteiger partial charge in [-0.2, -0.15) is 0 Å². The lowest BCUT2D eigenvalue weighted by atomic mass is 9.93. The molecule has 3 saturated heterocycles. The minimum Gasteiger partial charge on any atom is -0.467 e. The average Bonchev–Trinajstić information content (AvgIpc) is 3.02. The van der Waals surface area contributed by atoms with E-state index in [1.807, 2.05) is 0 Å². The Bertz CT molecular complexity index is 1150. The van der Waals surface area contributed by atoms with E-state index in [0.29, 0.717) is 0 Å². The van der Waals surface area contributed by atoms with Crippen molar-refractivity contribution >= 4 is 30.0 Å². The fourth-order valence-corrected chi connectivity index (χ4v) is 5.44. The van der Waals surface area contributed by atoms with Crippen molar-refractivity contribution in [2.24, 2.45) is 0 Å². The molecule has 47 heavy (non-hydrogen) atoms. The number of carbonyl (C=O) groups is 5. The molecule has 0 radical (unpaired) electrons. The van der Waals surface area contributed by atoms with Crippen LogP contribution in [0.1, 0.15) is 34.6 Å². The van der Waals surface area contributed by atoms with Crippen molar-refractivity contribution in [1.82, 2.24) is 5.32 Å². The highest BCUT2D eigenvalue weighted by Gasteiger charge is 2.65. The van der Waals surface area contributed by atoms with E-state index < -0.39 is 110 Å². The van der Waals surface area contributed by atoms with Crippen molar-refractivity contribution in [3.63, 3.8) is 0 Å². The van der Waals surface area contributed by atoms with Crippen molar-refractivity contribution in [2.45, 2.75) is 108 Å². The van der Waals surface area contributed by atoms with Crippen LogP contribution in [0.5, 0.6) is 0 Å². The number of carbonyl (C=O) groups excluding carboxylic acids is 5. The maximum Gasteiger partial charge on any atom is 0.407 e. The van der Waals surface area contributed by atoms with Gasteiger partial charge in [0.1, 0.15) is 37.1 Å². The number of amides is 1. The van der Waals surface area contributed by atoms with E-state index in [0.717, 1.165) is 35.0 Å². The van der Waals surface area contributed by atoms with Crippen LogP contribution in [0.25, 0.3) is 0 Å². The predicted molar refractivity (Wildman–Crippen MR) is 149 cm³/mol. The molecule has 1 amide bonds. The molecule has 19 nitrogen and oxygen atoms in total. The lowest BCUT2D eigenvalue weighted by Gasteiger charge is -2.57. The van der Waals surface area contributed by atoms with Gasteiger partial charge in [-0.25, -0.2) is 9.59 Å². The second-order valence-electron chi connectivity index (χ2n) is 10.9. The maximum absolute atomic E-state index is 13.1. The molecule has 3 rings (SSSR count). The van der Waals surface area contributed by atoms with Gasteiger partial charge in [-0.1, -0.05) is 0 Å². The summed E-state index contributed by atoms with van der Waals surface area (Å²) >= 11 is 0. The highest BCUT2D eigenvalue weighted by Crippen LogP contribution is 2.45. The van der Waals surface area contributed by atoms with E-state index in [4.69, 9.17) is 61.6 Å². The first-order valence-electron chi connectivity index (χ1n) is 14.4. The molecule has 3 fully saturated rings. The van der Waals surface area contributed by atoms with Crippen LogP contribution in [0.15, 0.2) is 0 Å². The molecule has 0 bridgehead atoms. The fourth-order valence-electron chi connectivity index (χ4n) is 5.44. The Hall–Kier alpha value is -3.17. The number of hydrogen-bond acceptors (Lipinski definition) is 18. The number of methoxy groups -OCH3 is 5. The highest BCUT2D eigenvalue weighted by atomic mass is 16.8. The molecule has 3 heterocycles. The SMILES string of the molecule is COC(=O)N[C@H]1[C@H](O[C@H]2[C@@H]3O[C@@](C)(OC)[C@](C)(OC)O[C@H]3[C@H](OC)O[C@@H]2C(=O)OC)O[C@H](COC(C)=O)[C@@H](OC(C)=O)[C@@H]1OC(C)=O. The predicted octanol–water partition coefficient (Wildman–Crippen LogP) is -0.699. The van der Waals surface area contributed by atoms with Gasteiger partial charge in [0, 0.05) is 42.1 Å². The zero-order valence-corrected chi connectivity index (χ0v) is 27.8. The van der Waals surface area contributed by atoms with Gasteiger partial charge in [-0.15, -0.1) is 0 Å². The van der Waals surface area contributed by atoms with Crippen molar-refractivity contribution in [3.05, 3.63) is 0 Å². The second-order valence-corrected chi connectivity index (χ2v) is 10.9. The van der Waals surface area contributed by atoms with Crippen LogP contribution in [-0.4, -0.2) is 145 Å². The topological polar surface area (TPSA) is 217 Å². The molecule has 0 aromatic heterocycles. The van der Waals surface area contributed by atoms with Crippen LogP contribution < -0.4 is 5.32 Å².